The van der Waals surface area contributed by atoms with E-state index in [1.165, 1.54) is 6.07 Å². The molecule has 0 atom stereocenters. The minimum absolute atomic E-state index is 0.00174. The molecule has 0 bridgehead atoms. The predicted octanol–water partition coefficient (Wildman–Crippen LogP) is 4.32. The van der Waals surface area contributed by atoms with E-state index < -0.39 is 17.5 Å². The van der Waals surface area contributed by atoms with Gasteiger partial charge in [0.15, 0.2) is 11.6 Å². The van der Waals surface area contributed by atoms with Gasteiger partial charge in [-0.2, -0.15) is 0 Å². The van der Waals surface area contributed by atoms with Crippen molar-refractivity contribution >= 4 is 49.1 Å². The Morgan fingerprint density at radius 3 is 2.40 bits per heavy atom. The number of amides is 1. The molecule has 2 rings (SSSR count). The van der Waals surface area contributed by atoms with Crippen LogP contribution in [0.2, 0.25) is 0 Å². The van der Waals surface area contributed by atoms with Crippen LogP contribution >= 0.6 is 31.9 Å². The molecule has 0 aliphatic carbocycles. The van der Waals surface area contributed by atoms with Crippen molar-refractivity contribution in [3.8, 4) is 0 Å². The zero-order valence-corrected chi connectivity index (χ0v) is 13.1. The number of hydrogen-bond donors (Lipinski definition) is 2. The van der Waals surface area contributed by atoms with Crippen LogP contribution in [0.4, 0.5) is 20.2 Å². The Morgan fingerprint density at radius 1 is 1.10 bits per heavy atom. The van der Waals surface area contributed by atoms with E-state index >= 15 is 0 Å². The van der Waals surface area contributed by atoms with Crippen molar-refractivity contribution in [1.29, 1.82) is 0 Å². The molecule has 3 nitrogen and oxygen atoms in total. The van der Waals surface area contributed by atoms with E-state index in [1.54, 1.807) is 12.1 Å². The Labute approximate surface area is 130 Å². The van der Waals surface area contributed by atoms with Crippen LogP contribution < -0.4 is 11.1 Å². The number of halogens is 4. The predicted molar refractivity (Wildman–Crippen MR) is 80.6 cm³/mol. The summed E-state index contributed by atoms with van der Waals surface area (Å²) < 4.78 is 27.2. The van der Waals surface area contributed by atoms with Crippen molar-refractivity contribution in [2.45, 2.75) is 0 Å². The fourth-order valence-electron chi connectivity index (χ4n) is 1.55. The lowest BCUT2D eigenvalue weighted by molar-refractivity contribution is 0.102. The highest BCUT2D eigenvalue weighted by molar-refractivity contribution is 9.11. The highest BCUT2D eigenvalue weighted by Crippen LogP contribution is 2.32. The third-order valence-electron chi connectivity index (χ3n) is 2.51. The summed E-state index contributed by atoms with van der Waals surface area (Å²) in [5, 5.41) is 2.55. The maximum absolute atomic E-state index is 13.1. The molecule has 1 amide bonds. The Morgan fingerprint density at radius 2 is 1.80 bits per heavy atom. The summed E-state index contributed by atoms with van der Waals surface area (Å²) in [5.41, 5.74) is 6.49. The van der Waals surface area contributed by atoms with Gasteiger partial charge in [0.2, 0.25) is 0 Å². The van der Waals surface area contributed by atoms with E-state index in [1.807, 2.05) is 0 Å². The largest absolute Gasteiger partial charge is 0.397 e. The molecule has 0 saturated heterocycles. The number of carbonyl (C=O) groups is 1. The molecule has 3 N–H and O–H groups in total. The Bertz CT molecular complexity index is 669. The number of nitrogens with one attached hydrogen (secondary N) is 1. The second-order valence-electron chi connectivity index (χ2n) is 3.93. The molecular formula is C13H8Br2F2N2O. The quantitative estimate of drug-likeness (QED) is 0.731. The molecule has 2 aromatic rings. The van der Waals surface area contributed by atoms with Crippen LogP contribution in [-0.4, -0.2) is 5.91 Å². The van der Waals surface area contributed by atoms with Gasteiger partial charge in [0.25, 0.3) is 5.91 Å². The molecule has 7 heteroatoms. The van der Waals surface area contributed by atoms with E-state index in [-0.39, 0.29) is 5.56 Å². The maximum atomic E-state index is 13.1. The second kappa shape index (κ2) is 5.88. The zero-order valence-electron chi connectivity index (χ0n) is 9.88. The van der Waals surface area contributed by atoms with Crippen molar-refractivity contribution in [2.24, 2.45) is 0 Å². The average molecular weight is 406 g/mol. The van der Waals surface area contributed by atoms with Gasteiger partial charge in [-0.3, -0.25) is 4.79 Å². The molecule has 20 heavy (non-hydrogen) atoms. The molecule has 0 fully saturated rings. The van der Waals surface area contributed by atoms with Gasteiger partial charge in [0.1, 0.15) is 0 Å². The Hall–Kier alpha value is -1.47. The first-order valence-electron chi connectivity index (χ1n) is 5.39. The highest BCUT2D eigenvalue weighted by Gasteiger charge is 2.13. The third kappa shape index (κ3) is 3.16. The molecule has 104 valence electrons. The first-order chi connectivity index (χ1) is 9.38. The fraction of sp³-hybridized carbons (Fsp3) is 0. The van der Waals surface area contributed by atoms with Crippen molar-refractivity contribution in [3.05, 3.63) is 56.5 Å². The molecule has 0 aliphatic rings. The first kappa shape index (κ1) is 14.9. The summed E-state index contributed by atoms with van der Waals surface area (Å²) in [6.07, 6.45) is 0. The monoisotopic (exact) mass is 404 g/mol. The van der Waals surface area contributed by atoms with Crippen LogP contribution in [0.3, 0.4) is 0 Å². The molecule has 0 radical (unpaired) electrons. The average Bonchev–Trinajstić information content (AvgIpc) is 2.36. The molecule has 0 aliphatic heterocycles. The van der Waals surface area contributed by atoms with Crippen molar-refractivity contribution in [2.75, 3.05) is 11.1 Å². The molecule has 0 aromatic heterocycles. The Balaban J connectivity index is 2.30. The van der Waals surface area contributed by atoms with Gasteiger partial charge in [-0.15, -0.1) is 0 Å². The van der Waals surface area contributed by atoms with Gasteiger partial charge in [0, 0.05) is 14.5 Å². The highest BCUT2D eigenvalue weighted by atomic mass is 79.9. The standard InChI is InChI=1S/C13H8Br2F2N2O/c14-7-4-8(15)12(11(18)5-7)19-13(20)6-1-2-9(16)10(17)3-6/h1-5H,18H2,(H,19,20). The summed E-state index contributed by atoms with van der Waals surface area (Å²) >= 11 is 6.53. The number of benzene rings is 2. The molecule has 0 heterocycles. The minimum Gasteiger partial charge on any atom is -0.397 e. The number of hydrogen-bond acceptors (Lipinski definition) is 2. The van der Waals surface area contributed by atoms with Crippen molar-refractivity contribution < 1.29 is 13.6 Å². The summed E-state index contributed by atoms with van der Waals surface area (Å²) in [4.78, 5) is 12.0. The van der Waals surface area contributed by atoms with Gasteiger partial charge >= 0.3 is 0 Å². The van der Waals surface area contributed by atoms with Gasteiger partial charge in [-0.05, 0) is 46.3 Å². The normalized spacial score (nSPS) is 10.4. The van der Waals surface area contributed by atoms with Crippen LogP contribution in [0, 0.1) is 11.6 Å². The lowest BCUT2D eigenvalue weighted by atomic mass is 10.2. The van der Waals surface area contributed by atoms with Crippen LogP contribution in [0.1, 0.15) is 10.4 Å². The zero-order chi connectivity index (χ0) is 14.9. The molecule has 0 spiro atoms. The summed E-state index contributed by atoms with van der Waals surface area (Å²) in [6.45, 7) is 0. The lowest BCUT2D eigenvalue weighted by Gasteiger charge is -2.11. The molecule has 0 unspecified atom stereocenters. The van der Waals surface area contributed by atoms with Crippen LogP contribution in [0.5, 0.6) is 0 Å². The number of rotatable bonds is 2. The Kier molecular flexibility index (Phi) is 4.39. The summed E-state index contributed by atoms with van der Waals surface area (Å²) in [5.74, 6) is -2.68. The maximum Gasteiger partial charge on any atom is 0.255 e. The van der Waals surface area contributed by atoms with Crippen LogP contribution in [-0.2, 0) is 0 Å². The smallest absolute Gasteiger partial charge is 0.255 e. The van der Waals surface area contributed by atoms with E-state index in [0.29, 0.717) is 15.8 Å². The summed E-state index contributed by atoms with van der Waals surface area (Å²) in [6, 6.07) is 6.23. The minimum atomic E-state index is -1.08. The lowest BCUT2D eigenvalue weighted by Crippen LogP contribution is -2.14. The number of carbonyl (C=O) groups excluding carboxylic acids is 1. The van der Waals surface area contributed by atoms with Gasteiger partial charge < -0.3 is 11.1 Å². The first-order valence-corrected chi connectivity index (χ1v) is 6.98. The van der Waals surface area contributed by atoms with Gasteiger partial charge in [-0.25, -0.2) is 8.78 Å². The van der Waals surface area contributed by atoms with Crippen molar-refractivity contribution in [3.63, 3.8) is 0 Å². The van der Waals surface area contributed by atoms with E-state index in [9.17, 15) is 13.6 Å². The van der Waals surface area contributed by atoms with Crippen LogP contribution in [0.15, 0.2) is 39.3 Å². The molecular weight excluding hydrogens is 398 g/mol. The van der Waals surface area contributed by atoms with Crippen LogP contribution in [0.25, 0.3) is 0 Å². The van der Waals surface area contributed by atoms with Gasteiger partial charge in [0.05, 0.1) is 11.4 Å². The van der Waals surface area contributed by atoms with E-state index in [2.05, 4.69) is 37.2 Å². The number of nitrogens with two attached hydrogens (primary N) is 1. The third-order valence-corrected chi connectivity index (χ3v) is 3.59. The van der Waals surface area contributed by atoms with Crippen molar-refractivity contribution in [1.82, 2.24) is 0 Å². The number of nitrogen functional groups attached to an aromatic ring is 1. The van der Waals surface area contributed by atoms with Gasteiger partial charge in [-0.1, -0.05) is 15.9 Å². The molecule has 0 saturated carbocycles. The number of anilines is 2. The molecule has 2 aromatic carbocycles. The fourth-order valence-corrected chi connectivity index (χ4v) is 2.91. The second-order valence-corrected chi connectivity index (χ2v) is 5.70. The topological polar surface area (TPSA) is 55.1 Å². The van der Waals surface area contributed by atoms with E-state index in [0.717, 1.165) is 16.6 Å². The SMILES string of the molecule is Nc1cc(Br)cc(Br)c1NC(=O)c1ccc(F)c(F)c1. The summed E-state index contributed by atoms with van der Waals surface area (Å²) in [7, 11) is 0. The van der Waals surface area contributed by atoms with E-state index in [4.69, 9.17) is 5.73 Å².